The summed E-state index contributed by atoms with van der Waals surface area (Å²) in [4.78, 5) is 48.6. The Labute approximate surface area is 223 Å². The van der Waals surface area contributed by atoms with E-state index in [2.05, 4.69) is 15.6 Å². The van der Waals surface area contributed by atoms with Crippen LogP contribution in [0.3, 0.4) is 0 Å². The van der Waals surface area contributed by atoms with Crippen LogP contribution in [0, 0.1) is 0 Å². The summed E-state index contributed by atoms with van der Waals surface area (Å²) in [6.45, 7) is 6.98. The van der Waals surface area contributed by atoms with Crippen molar-refractivity contribution in [2.75, 3.05) is 10.6 Å². The molecule has 4 rings (SSSR count). The van der Waals surface area contributed by atoms with E-state index < -0.39 is 29.3 Å². The van der Waals surface area contributed by atoms with Crippen molar-refractivity contribution in [2.45, 2.75) is 39.3 Å². The third kappa shape index (κ3) is 5.45. The van der Waals surface area contributed by atoms with Crippen molar-refractivity contribution in [3.63, 3.8) is 0 Å². The summed E-state index contributed by atoms with van der Waals surface area (Å²) < 4.78 is 1.34. The first-order chi connectivity index (χ1) is 18.0. The lowest BCUT2D eigenvalue weighted by Gasteiger charge is -2.38. The van der Waals surface area contributed by atoms with Gasteiger partial charge in [-0.2, -0.15) is 0 Å². The second kappa shape index (κ2) is 10.5. The van der Waals surface area contributed by atoms with Crippen molar-refractivity contribution < 1.29 is 14.7 Å². The zero-order valence-electron chi connectivity index (χ0n) is 21.3. The van der Waals surface area contributed by atoms with Crippen molar-refractivity contribution in [1.82, 2.24) is 19.4 Å². The highest BCUT2D eigenvalue weighted by Gasteiger charge is 2.34. The first-order valence-corrected chi connectivity index (χ1v) is 12.2. The van der Waals surface area contributed by atoms with Gasteiger partial charge in [0.2, 0.25) is 0 Å². The number of halogens is 1. The third-order valence-electron chi connectivity index (χ3n) is 5.84. The number of urea groups is 1. The molecule has 11 heteroatoms. The molecule has 1 atom stereocenters. The Hall–Kier alpha value is -4.44. The number of amides is 3. The van der Waals surface area contributed by atoms with E-state index in [0.717, 1.165) is 0 Å². The van der Waals surface area contributed by atoms with Gasteiger partial charge < -0.3 is 15.7 Å². The molecule has 2 aromatic heterocycles. The predicted molar refractivity (Wildman–Crippen MR) is 147 cm³/mol. The van der Waals surface area contributed by atoms with Crippen LogP contribution < -0.4 is 16.2 Å². The average molecular weight is 535 g/mol. The SMILES string of the molecule is CC(c1nc2cccc(Cl)c2c(=O)n1-c1cccc(NC(=O)Nc2cccnc2)c1)N(C(=O)O)C(C)(C)C. The maximum absolute atomic E-state index is 13.9. The molecule has 0 aliphatic carbocycles. The number of pyridine rings is 1. The lowest BCUT2D eigenvalue weighted by Crippen LogP contribution is -2.47. The number of rotatable bonds is 5. The molecule has 2 aromatic carbocycles. The lowest BCUT2D eigenvalue weighted by atomic mass is 10.0. The van der Waals surface area contributed by atoms with Crippen LogP contribution in [0.2, 0.25) is 5.02 Å². The zero-order chi connectivity index (χ0) is 27.6. The van der Waals surface area contributed by atoms with Crippen LogP contribution in [0.5, 0.6) is 0 Å². The summed E-state index contributed by atoms with van der Waals surface area (Å²) in [7, 11) is 0. The molecule has 4 aromatic rings. The van der Waals surface area contributed by atoms with Gasteiger partial charge in [-0.05, 0) is 70.2 Å². The van der Waals surface area contributed by atoms with E-state index in [4.69, 9.17) is 16.6 Å². The summed E-state index contributed by atoms with van der Waals surface area (Å²) in [5, 5.41) is 15.9. The predicted octanol–water partition coefficient (Wildman–Crippen LogP) is 5.92. The standard InChI is InChI=1S/C27H27ClN6O4/c1-16(34(26(37)38)27(2,3)4)23-32-21-12-6-11-20(28)22(21)24(35)33(23)19-10-5-8-17(14-19)30-25(36)31-18-9-7-13-29-15-18/h5-16H,1-4H3,(H,37,38)(H2,30,31,36). The minimum absolute atomic E-state index is 0.204. The summed E-state index contributed by atoms with van der Waals surface area (Å²) in [5.74, 6) is 0.207. The maximum atomic E-state index is 13.9. The van der Waals surface area contributed by atoms with Gasteiger partial charge in [0.25, 0.3) is 5.56 Å². The summed E-state index contributed by atoms with van der Waals surface area (Å²) in [5.41, 5.74) is 0.399. The number of hydrogen-bond donors (Lipinski definition) is 3. The fraction of sp³-hybridized carbons (Fsp3) is 0.222. The van der Waals surface area contributed by atoms with Gasteiger partial charge in [-0.25, -0.2) is 14.6 Å². The molecule has 38 heavy (non-hydrogen) atoms. The van der Waals surface area contributed by atoms with Gasteiger partial charge >= 0.3 is 12.1 Å². The van der Waals surface area contributed by atoms with E-state index in [-0.39, 0.29) is 16.2 Å². The van der Waals surface area contributed by atoms with Crippen molar-refractivity contribution in [3.05, 3.63) is 88.2 Å². The number of fused-ring (bicyclic) bond motifs is 1. The highest BCUT2D eigenvalue weighted by atomic mass is 35.5. The van der Waals surface area contributed by atoms with Crippen LogP contribution in [-0.2, 0) is 0 Å². The molecule has 2 heterocycles. The molecular weight excluding hydrogens is 508 g/mol. The quantitative estimate of drug-likeness (QED) is 0.291. The van der Waals surface area contributed by atoms with Crippen LogP contribution in [0.1, 0.15) is 39.6 Å². The van der Waals surface area contributed by atoms with Crippen molar-refractivity contribution >= 4 is 46.0 Å². The van der Waals surface area contributed by atoms with E-state index in [1.807, 2.05) is 0 Å². The van der Waals surface area contributed by atoms with Crippen molar-refractivity contribution in [2.24, 2.45) is 0 Å². The molecule has 0 saturated carbocycles. The number of benzene rings is 2. The number of anilines is 2. The molecule has 0 aliphatic rings. The number of carbonyl (C=O) groups excluding carboxylic acids is 1. The fourth-order valence-electron chi connectivity index (χ4n) is 4.34. The Morgan fingerprint density at radius 3 is 2.39 bits per heavy atom. The summed E-state index contributed by atoms with van der Waals surface area (Å²) >= 11 is 6.39. The second-order valence-corrected chi connectivity index (χ2v) is 10.0. The lowest BCUT2D eigenvalue weighted by molar-refractivity contribution is 0.0719. The molecule has 3 N–H and O–H groups in total. The molecule has 0 radical (unpaired) electrons. The van der Waals surface area contributed by atoms with Gasteiger partial charge in [-0.3, -0.25) is 19.2 Å². The largest absolute Gasteiger partial charge is 0.465 e. The van der Waals surface area contributed by atoms with Crippen molar-refractivity contribution in [1.29, 1.82) is 0 Å². The molecule has 196 valence electrons. The second-order valence-electron chi connectivity index (χ2n) is 9.62. The Kier molecular flexibility index (Phi) is 7.36. The minimum Gasteiger partial charge on any atom is -0.465 e. The smallest absolute Gasteiger partial charge is 0.408 e. The number of nitrogens with zero attached hydrogens (tertiary/aromatic N) is 4. The molecule has 0 aliphatic heterocycles. The molecule has 0 saturated heterocycles. The van der Waals surface area contributed by atoms with Crippen LogP contribution in [0.15, 0.2) is 71.8 Å². The first-order valence-electron chi connectivity index (χ1n) is 11.8. The number of carbonyl (C=O) groups is 2. The number of carboxylic acid groups (broad SMARTS) is 1. The highest BCUT2D eigenvalue weighted by Crippen LogP contribution is 2.30. The van der Waals surface area contributed by atoms with Gasteiger partial charge in [0.1, 0.15) is 5.82 Å². The Morgan fingerprint density at radius 2 is 1.74 bits per heavy atom. The Morgan fingerprint density at radius 1 is 1.05 bits per heavy atom. The average Bonchev–Trinajstić information content (AvgIpc) is 2.83. The Bertz CT molecular complexity index is 1570. The van der Waals surface area contributed by atoms with Crippen LogP contribution in [0.25, 0.3) is 16.6 Å². The number of aromatic nitrogens is 3. The van der Waals surface area contributed by atoms with E-state index in [9.17, 15) is 19.5 Å². The molecule has 0 bridgehead atoms. The van der Waals surface area contributed by atoms with E-state index >= 15 is 0 Å². The summed E-state index contributed by atoms with van der Waals surface area (Å²) in [6.07, 6.45) is 1.95. The normalized spacial score (nSPS) is 12.1. The molecule has 3 amide bonds. The number of nitrogens with one attached hydrogen (secondary N) is 2. The van der Waals surface area contributed by atoms with Gasteiger partial charge in [-0.1, -0.05) is 23.7 Å². The number of hydrogen-bond acceptors (Lipinski definition) is 5. The molecule has 0 spiro atoms. The van der Waals surface area contributed by atoms with E-state index in [0.29, 0.717) is 22.6 Å². The topological polar surface area (TPSA) is 129 Å². The van der Waals surface area contributed by atoms with Gasteiger partial charge in [0.05, 0.1) is 39.5 Å². The van der Waals surface area contributed by atoms with Crippen LogP contribution >= 0.6 is 11.6 Å². The molecule has 0 fully saturated rings. The van der Waals surface area contributed by atoms with Gasteiger partial charge in [-0.15, -0.1) is 0 Å². The van der Waals surface area contributed by atoms with Crippen LogP contribution in [-0.4, -0.2) is 42.2 Å². The fourth-order valence-corrected chi connectivity index (χ4v) is 4.59. The Balaban J connectivity index is 1.84. The highest BCUT2D eigenvalue weighted by molar-refractivity contribution is 6.35. The first kappa shape index (κ1) is 26.6. The molecule has 1 unspecified atom stereocenters. The van der Waals surface area contributed by atoms with Gasteiger partial charge in [0, 0.05) is 17.4 Å². The van der Waals surface area contributed by atoms with Crippen LogP contribution in [0.4, 0.5) is 21.0 Å². The van der Waals surface area contributed by atoms with E-state index in [1.54, 1.807) is 88.5 Å². The van der Waals surface area contributed by atoms with Crippen molar-refractivity contribution in [3.8, 4) is 5.69 Å². The summed E-state index contributed by atoms with van der Waals surface area (Å²) in [6, 6.07) is 13.6. The monoisotopic (exact) mass is 534 g/mol. The maximum Gasteiger partial charge on any atom is 0.408 e. The molecule has 10 nitrogen and oxygen atoms in total. The van der Waals surface area contributed by atoms with Gasteiger partial charge in [0.15, 0.2) is 0 Å². The third-order valence-corrected chi connectivity index (χ3v) is 6.16. The zero-order valence-corrected chi connectivity index (χ0v) is 22.0. The minimum atomic E-state index is -1.15. The van der Waals surface area contributed by atoms with E-state index in [1.165, 1.54) is 15.7 Å². The molecular formula is C27H27ClN6O4.